The van der Waals surface area contributed by atoms with Crippen LogP contribution in [0.2, 0.25) is 5.02 Å². The summed E-state index contributed by atoms with van der Waals surface area (Å²) < 4.78 is 0. The second kappa shape index (κ2) is 5.92. The molecule has 20 heavy (non-hydrogen) atoms. The Morgan fingerprint density at radius 2 is 2.10 bits per heavy atom. The Hall–Kier alpha value is -2.07. The monoisotopic (exact) mass is 289 g/mol. The maximum atomic E-state index is 12.4. The maximum Gasteiger partial charge on any atom is 0.255 e. The van der Waals surface area contributed by atoms with Crippen LogP contribution in [0.4, 0.5) is 5.69 Å². The number of aryl methyl sites for hydroxylation is 1. The van der Waals surface area contributed by atoms with Crippen molar-refractivity contribution in [2.75, 3.05) is 12.8 Å². The molecule has 2 aromatic rings. The number of carbonyl (C=O) groups excluding carboxylic acids is 1. The number of anilines is 1. The molecule has 0 aliphatic carbocycles. The van der Waals surface area contributed by atoms with Crippen LogP contribution in [0.15, 0.2) is 36.5 Å². The van der Waals surface area contributed by atoms with Crippen LogP contribution in [0.25, 0.3) is 0 Å². The van der Waals surface area contributed by atoms with E-state index < -0.39 is 0 Å². The maximum absolute atomic E-state index is 12.4. The van der Waals surface area contributed by atoms with Crippen molar-refractivity contribution in [2.24, 2.45) is 0 Å². The van der Waals surface area contributed by atoms with E-state index in [0.717, 1.165) is 5.56 Å². The van der Waals surface area contributed by atoms with E-state index in [-0.39, 0.29) is 5.91 Å². The zero-order chi connectivity index (χ0) is 14.7. The van der Waals surface area contributed by atoms with Crippen molar-refractivity contribution < 1.29 is 4.79 Å². The van der Waals surface area contributed by atoms with Gasteiger partial charge in [0.15, 0.2) is 0 Å². The minimum absolute atomic E-state index is 0.123. The molecule has 104 valence electrons. The predicted octanol–water partition coefficient (Wildman–Crippen LogP) is 2.90. The largest absolute Gasteiger partial charge is 0.397 e. The summed E-state index contributed by atoms with van der Waals surface area (Å²) in [6, 6.07) is 9.11. The minimum atomic E-state index is -0.123. The van der Waals surface area contributed by atoms with Crippen molar-refractivity contribution in [1.82, 2.24) is 9.88 Å². The van der Waals surface area contributed by atoms with Gasteiger partial charge in [-0.2, -0.15) is 0 Å². The fourth-order valence-corrected chi connectivity index (χ4v) is 2.12. The topological polar surface area (TPSA) is 59.2 Å². The molecule has 1 aromatic heterocycles. The fraction of sp³-hybridized carbons (Fsp3) is 0.200. The van der Waals surface area contributed by atoms with E-state index in [1.165, 1.54) is 0 Å². The van der Waals surface area contributed by atoms with Gasteiger partial charge in [0, 0.05) is 18.6 Å². The van der Waals surface area contributed by atoms with E-state index in [2.05, 4.69) is 4.98 Å². The van der Waals surface area contributed by atoms with Gasteiger partial charge < -0.3 is 10.6 Å². The molecule has 1 heterocycles. The lowest BCUT2D eigenvalue weighted by molar-refractivity contribution is 0.0784. The van der Waals surface area contributed by atoms with Gasteiger partial charge in [0.25, 0.3) is 5.91 Å². The van der Waals surface area contributed by atoms with E-state index in [9.17, 15) is 4.79 Å². The number of pyridine rings is 1. The van der Waals surface area contributed by atoms with Gasteiger partial charge in [-0.15, -0.1) is 0 Å². The zero-order valence-electron chi connectivity index (χ0n) is 11.4. The average Bonchev–Trinajstić information content (AvgIpc) is 2.43. The minimum Gasteiger partial charge on any atom is -0.397 e. The van der Waals surface area contributed by atoms with Crippen LogP contribution in [-0.2, 0) is 6.54 Å². The molecule has 1 aromatic carbocycles. The molecule has 5 heteroatoms. The Kier molecular flexibility index (Phi) is 4.25. The second-order valence-electron chi connectivity index (χ2n) is 4.65. The van der Waals surface area contributed by atoms with Crippen molar-refractivity contribution in [2.45, 2.75) is 13.5 Å². The normalized spacial score (nSPS) is 10.3. The summed E-state index contributed by atoms with van der Waals surface area (Å²) in [6.45, 7) is 2.22. The molecule has 1 amide bonds. The third-order valence-electron chi connectivity index (χ3n) is 3.05. The lowest BCUT2D eigenvalue weighted by atomic mass is 10.1. The van der Waals surface area contributed by atoms with Crippen LogP contribution in [-0.4, -0.2) is 22.8 Å². The molecule has 0 atom stereocenters. The number of halogens is 1. The van der Waals surface area contributed by atoms with Gasteiger partial charge in [0.2, 0.25) is 0 Å². The summed E-state index contributed by atoms with van der Waals surface area (Å²) in [5, 5.41) is 0.648. The van der Waals surface area contributed by atoms with E-state index in [1.54, 1.807) is 31.1 Å². The number of aromatic nitrogens is 1. The van der Waals surface area contributed by atoms with E-state index in [1.807, 2.05) is 24.3 Å². The molecule has 4 nitrogen and oxygen atoms in total. The third kappa shape index (κ3) is 3.08. The second-order valence-corrected chi connectivity index (χ2v) is 5.06. The molecule has 0 saturated carbocycles. The Morgan fingerprint density at radius 3 is 2.80 bits per heavy atom. The zero-order valence-corrected chi connectivity index (χ0v) is 12.2. The standard InChI is InChI=1S/C15H16ClN3O/c1-10-13(7-12(17)8-18-10)15(20)19(2)9-11-5-3-4-6-14(11)16/h3-8H,9,17H2,1-2H3. The van der Waals surface area contributed by atoms with Gasteiger partial charge in [-0.3, -0.25) is 9.78 Å². The van der Waals surface area contributed by atoms with Crippen molar-refractivity contribution in [1.29, 1.82) is 0 Å². The first-order valence-corrected chi connectivity index (χ1v) is 6.58. The first-order valence-electron chi connectivity index (χ1n) is 6.20. The van der Waals surface area contributed by atoms with Gasteiger partial charge in [-0.05, 0) is 24.6 Å². The van der Waals surface area contributed by atoms with Crippen LogP contribution in [0.1, 0.15) is 21.6 Å². The molecule has 0 saturated heterocycles. The smallest absolute Gasteiger partial charge is 0.255 e. The summed E-state index contributed by atoms with van der Waals surface area (Å²) in [6.07, 6.45) is 1.54. The van der Waals surface area contributed by atoms with E-state index in [4.69, 9.17) is 17.3 Å². The lowest BCUT2D eigenvalue weighted by Crippen LogP contribution is -2.27. The summed E-state index contributed by atoms with van der Waals surface area (Å²) in [5.74, 6) is -0.123. The Morgan fingerprint density at radius 1 is 1.40 bits per heavy atom. The summed E-state index contributed by atoms with van der Waals surface area (Å²) in [4.78, 5) is 18.1. The van der Waals surface area contributed by atoms with Crippen LogP contribution in [0.5, 0.6) is 0 Å². The number of amides is 1. The lowest BCUT2D eigenvalue weighted by Gasteiger charge is -2.19. The number of hydrogen-bond acceptors (Lipinski definition) is 3. The van der Waals surface area contributed by atoms with Gasteiger partial charge in [-0.25, -0.2) is 0 Å². The summed E-state index contributed by atoms with van der Waals surface area (Å²) in [5.41, 5.74) is 8.24. The summed E-state index contributed by atoms with van der Waals surface area (Å²) in [7, 11) is 1.73. The molecule has 0 aliphatic heterocycles. The first-order chi connectivity index (χ1) is 9.49. The number of carbonyl (C=O) groups is 1. The van der Waals surface area contributed by atoms with Crippen molar-refractivity contribution >= 4 is 23.2 Å². The van der Waals surface area contributed by atoms with Crippen LogP contribution in [0.3, 0.4) is 0 Å². The van der Waals surface area contributed by atoms with Crippen LogP contribution in [0, 0.1) is 6.92 Å². The van der Waals surface area contributed by atoms with Gasteiger partial charge in [0.05, 0.1) is 23.1 Å². The Labute approximate surface area is 123 Å². The third-order valence-corrected chi connectivity index (χ3v) is 3.42. The highest BCUT2D eigenvalue weighted by Gasteiger charge is 2.16. The summed E-state index contributed by atoms with van der Waals surface area (Å²) >= 11 is 6.11. The molecule has 0 bridgehead atoms. The van der Waals surface area contributed by atoms with Crippen molar-refractivity contribution in [3.05, 3.63) is 58.4 Å². The Bertz CT molecular complexity index is 643. The van der Waals surface area contributed by atoms with Crippen LogP contribution < -0.4 is 5.73 Å². The number of hydrogen-bond donors (Lipinski definition) is 1. The predicted molar refractivity (Wildman–Crippen MR) is 80.6 cm³/mol. The van der Waals surface area contributed by atoms with E-state index >= 15 is 0 Å². The van der Waals surface area contributed by atoms with Crippen molar-refractivity contribution in [3.8, 4) is 0 Å². The number of nitrogens with two attached hydrogens (primary N) is 1. The quantitative estimate of drug-likeness (QED) is 0.945. The van der Waals surface area contributed by atoms with Gasteiger partial charge >= 0.3 is 0 Å². The fourth-order valence-electron chi connectivity index (χ4n) is 1.93. The molecule has 2 N–H and O–H groups in total. The number of benzene rings is 1. The Balaban J connectivity index is 2.21. The highest BCUT2D eigenvalue weighted by Crippen LogP contribution is 2.18. The number of nitrogen functional groups attached to an aromatic ring is 1. The highest BCUT2D eigenvalue weighted by molar-refractivity contribution is 6.31. The first kappa shape index (κ1) is 14.3. The van der Waals surface area contributed by atoms with Crippen LogP contribution >= 0.6 is 11.6 Å². The molecule has 0 radical (unpaired) electrons. The van der Waals surface area contributed by atoms with E-state index in [0.29, 0.717) is 28.5 Å². The molecule has 0 aliphatic rings. The number of nitrogens with zero attached hydrogens (tertiary/aromatic N) is 2. The van der Waals surface area contributed by atoms with Gasteiger partial charge in [-0.1, -0.05) is 29.8 Å². The molecule has 0 unspecified atom stereocenters. The molecular weight excluding hydrogens is 274 g/mol. The SMILES string of the molecule is Cc1ncc(N)cc1C(=O)N(C)Cc1ccccc1Cl. The van der Waals surface area contributed by atoms with Gasteiger partial charge in [0.1, 0.15) is 0 Å². The molecule has 0 fully saturated rings. The molecule has 2 rings (SSSR count). The molecular formula is C15H16ClN3O. The number of rotatable bonds is 3. The highest BCUT2D eigenvalue weighted by atomic mass is 35.5. The average molecular weight is 290 g/mol. The van der Waals surface area contributed by atoms with Crippen molar-refractivity contribution in [3.63, 3.8) is 0 Å². The molecule has 0 spiro atoms.